The minimum atomic E-state index is -0.766. The molecule has 1 rings (SSSR count). The van der Waals surface area contributed by atoms with E-state index in [0.717, 1.165) is 19.4 Å². The van der Waals surface area contributed by atoms with Gasteiger partial charge in [-0.3, -0.25) is 0 Å². The van der Waals surface area contributed by atoms with Gasteiger partial charge in [-0.1, -0.05) is 13.3 Å². The highest BCUT2D eigenvalue weighted by molar-refractivity contribution is 4.85. The zero-order chi connectivity index (χ0) is 10.6. The number of likely N-dealkylation sites (tertiary alicyclic amines) is 1. The number of hydrogen-bond donors (Lipinski definition) is 3. The van der Waals surface area contributed by atoms with Gasteiger partial charge in [0.25, 0.3) is 0 Å². The van der Waals surface area contributed by atoms with E-state index in [1.165, 1.54) is 0 Å². The summed E-state index contributed by atoms with van der Waals surface area (Å²) in [5.41, 5.74) is 0. The lowest BCUT2D eigenvalue weighted by atomic mass is 9.93. The van der Waals surface area contributed by atoms with Crippen LogP contribution in [0.5, 0.6) is 0 Å². The summed E-state index contributed by atoms with van der Waals surface area (Å²) < 4.78 is 0. The zero-order valence-electron chi connectivity index (χ0n) is 8.76. The molecule has 14 heavy (non-hydrogen) atoms. The van der Waals surface area contributed by atoms with Crippen molar-refractivity contribution in [2.24, 2.45) is 5.92 Å². The van der Waals surface area contributed by atoms with E-state index in [4.69, 9.17) is 5.11 Å². The van der Waals surface area contributed by atoms with E-state index >= 15 is 0 Å². The summed E-state index contributed by atoms with van der Waals surface area (Å²) in [6.45, 7) is 4.22. The van der Waals surface area contributed by atoms with Crippen LogP contribution in [0.4, 0.5) is 0 Å². The molecule has 0 aromatic rings. The summed E-state index contributed by atoms with van der Waals surface area (Å²) in [6, 6.07) is 0. The lowest BCUT2D eigenvalue weighted by molar-refractivity contribution is -0.0861. The molecule has 4 heteroatoms. The van der Waals surface area contributed by atoms with Crippen LogP contribution < -0.4 is 0 Å². The van der Waals surface area contributed by atoms with E-state index in [2.05, 4.69) is 11.8 Å². The number of piperidine rings is 1. The second-order valence-corrected chi connectivity index (χ2v) is 4.11. The minimum absolute atomic E-state index is 0.0547. The first-order chi connectivity index (χ1) is 6.69. The molecule has 0 unspecified atom stereocenters. The van der Waals surface area contributed by atoms with Crippen molar-refractivity contribution >= 4 is 0 Å². The van der Waals surface area contributed by atoms with Crippen molar-refractivity contribution in [3.63, 3.8) is 0 Å². The van der Waals surface area contributed by atoms with Crippen LogP contribution in [0.15, 0.2) is 0 Å². The van der Waals surface area contributed by atoms with Gasteiger partial charge in [-0.15, -0.1) is 0 Å². The topological polar surface area (TPSA) is 63.9 Å². The number of β-amino-alcohol motifs (C(OH)–C–C–N with tert-alkyl or cyclic N) is 1. The molecule has 0 aliphatic carbocycles. The Morgan fingerprint density at radius 2 is 2.00 bits per heavy atom. The van der Waals surface area contributed by atoms with E-state index in [-0.39, 0.29) is 12.5 Å². The van der Waals surface area contributed by atoms with Gasteiger partial charge in [0.15, 0.2) is 0 Å². The first-order valence-corrected chi connectivity index (χ1v) is 5.38. The lowest BCUT2D eigenvalue weighted by Crippen LogP contribution is -2.53. The molecule has 1 saturated heterocycles. The molecule has 3 N–H and O–H groups in total. The Morgan fingerprint density at radius 1 is 1.29 bits per heavy atom. The van der Waals surface area contributed by atoms with Gasteiger partial charge in [0.1, 0.15) is 0 Å². The van der Waals surface area contributed by atoms with Crippen LogP contribution in [-0.4, -0.2) is 58.7 Å². The Labute approximate surface area is 85.2 Å². The fourth-order valence-corrected chi connectivity index (χ4v) is 1.93. The Hall–Kier alpha value is -0.160. The number of hydrogen-bond acceptors (Lipinski definition) is 4. The highest BCUT2D eigenvalue weighted by atomic mass is 16.3. The maximum absolute atomic E-state index is 9.55. The molecule has 3 atom stereocenters. The standard InChI is InChI=1S/C10H21NO3/c1-2-3-4-11-5-8(7-12)10(14)9(13)6-11/h8-10,12-14H,2-7H2,1H3/t8-,9-,10+/m1/s1. The fraction of sp³-hybridized carbons (Fsp3) is 1.00. The van der Waals surface area contributed by atoms with Crippen LogP contribution in [0.1, 0.15) is 19.8 Å². The van der Waals surface area contributed by atoms with Gasteiger partial charge < -0.3 is 20.2 Å². The third kappa shape index (κ3) is 2.92. The molecule has 84 valence electrons. The molecule has 0 amide bonds. The Morgan fingerprint density at radius 3 is 2.57 bits per heavy atom. The summed E-state index contributed by atoms with van der Waals surface area (Å²) in [5, 5.41) is 28.1. The SMILES string of the molecule is CCCCN1C[C@H](CO)[C@H](O)[C@H](O)C1. The summed E-state index contributed by atoms with van der Waals surface area (Å²) in [6.07, 6.45) is 0.746. The second-order valence-electron chi connectivity index (χ2n) is 4.11. The third-order valence-corrected chi connectivity index (χ3v) is 2.88. The molecule has 0 bridgehead atoms. The van der Waals surface area contributed by atoms with Gasteiger partial charge in [0.05, 0.1) is 12.2 Å². The van der Waals surface area contributed by atoms with Crippen LogP contribution in [0.25, 0.3) is 0 Å². The molecule has 0 aromatic carbocycles. The smallest absolute Gasteiger partial charge is 0.0929 e. The maximum atomic E-state index is 9.55. The highest BCUT2D eigenvalue weighted by Crippen LogP contribution is 2.17. The number of unbranched alkanes of at least 4 members (excludes halogenated alkanes) is 1. The van der Waals surface area contributed by atoms with Gasteiger partial charge in [0, 0.05) is 25.6 Å². The average Bonchev–Trinajstić information content (AvgIpc) is 2.19. The molecule has 1 fully saturated rings. The van der Waals surface area contributed by atoms with Crippen molar-refractivity contribution < 1.29 is 15.3 Å². The first kappa shape index (κ1) is 11.9. The van der Waals surface area contributed by atoms with Crippen molar-refractivity contribution in [1.29, 1.82) is 0 Å². The van der Waals surface area contributed by atoms with E-state index in [1.807, 2.05) is 0 Å². The molecular weight excluding hydrogens is 182 g/mol. The van der Waals surface area contributed by atoms with Gasteiger partial charge in [0.2, 0.25) is 0 Å². The molecule has 1 aliphatic rings. The van der Waals surface area contributed by atoms with Crippen LogP contribution in [0.2, 0.25) is 0 Å². The molecule has 0 spiro atoms. The number of nitrogens with zero attached hydrogens (tertiary/aromatic N) is 1. The molecule has 0 saturated carbocycles. The molecule has 0 aromatic heterocycles. The number of aliphatic hydroxyl groups excluding tert-OH is 3. The van der Waals surface area contributed by atoms with Crippen LogP contribution >= 0.6 is 0 Å². The molecule has 0 radical (unpaired) electrons. The number of aliphatic hydroxyl groups is 3. The van der Waals surface area contributed by atoms with Crippen LogP contribution in [0.3, 0.4) is 0 Å². The van der Waals surface area contributed by atoms with Crippen LogP contribution in [0, 0.1) is 5.92 Å². The predicted octanol–water partition coefficient (Wildman–Crippen LogP) is -0.568. The zero-order valence-corrected chi connectivity index (χ0v) is 8.76. The summed E-state index contributed by atoms with van der Waals surface area (Å²) in [7, 11) is 0. The van der Waals surface area contributed by atoms with E-state index in [0.29, 0.717) is 13.1 Å². The summed E-state index contributed by atoms with van der Waals surface area (Å²) in [5.74, 6) is -0.199. The quantitative estimate of drug-likeness (QED) is 0.573. The maximum Gasteiger partial charge on any atom is 0.0929 e. The van der Waals surface area contributed by atoms with Crippen molar-refractivity contribution in [3.05, 3.63) is 0 Å². The molecule has 1 aliphatic heterocycles. The average molecular weight is 203 g/mol. The second kappa shape index (κ2) is 5.66. The number of rotatable bonds is 4. The largest absolute Gasteiger partial charge is 0.396 e. The summed E-state index contributed by atoms with van der Waals surface area (Å²) >= 11 is 0. The van der Waals surface area contributed by atoms with E-state index in [1.54, 1.807) is 0 Å². The summed E-state index contributed by atoms with van der Waals surface area (Å²) in [4.78, 5) is 2.11. The predicted molar refractivity (Wildman–Crippen MR) is 53.9 cm³/mol. The lowest BCUT2D eigenvalue weighted by Gasteiger charge is -2.38. The van der Waals surface area contributed by atoms with E-state index in [9.17, 15) is 10.2 Å². The van der Waals surface area contributed by atoms with Crippen molar-refractivity contribution in [3.8, 4) is 0 Å². The third-order valence-electron chi connectivity index (χ3n) is 2.88. The van der Waals surface area contributed by atoms with Crippen molar-refractivity contribution in [2.45, 2.75) is 32.0 Å². The van der Waals surface area contributed by atoms with Gasteiger partial charge in [-0.05, 0) is 13.0 Å². The Bertz CT molecular complexity index is 165. The van der Waals surface area contributed by atoms with Crippen LogP contribution in [-0.2, 0) is 0 Å². The molecular formula is C10H21NO3. The Kier molecular flexibility index (Phi) is 4.81. The van der Waals surface area contributed by atoms with Crippen molar-refractivity contribution in [2.75, 3.05) is 26.2 Å². The van der Waals surface area contributed by atoms with Gasteiger partial charge in [-0.2, -0.15) is 0 Å². The molecule has 4 nitrogen and oxygen atoms in total. The van der Waals surface area contributed by atoms with Gasteiger partial charge in [-0.25, -0.2) is 0 Å². The normalized spacial score (nSPS) is 34.7. The monoisotopic (exact) mass is 203 g/mol. The minimum Gasteiger partial charge on any atom is -0.396 e. The van der Waals surface area contributed by atoms with Gasteiger partial charge >= 0.3 is 0 Å². The highest BCUT2D eigenvalue weighted by Gasteiger charge is 2.33. The first-order valence-electron chi connectivity index (χ1n) is 5.38. The van der Waals surface area contributed by atoms with E-state index < -0.39 is 12.2 Å². The van der Waals surface area contributed by atoms with Crippen molar-refractivity contribution in [1.82, 2.24) is 4.90 Å². The molecule has 1 heterocycles. The fourth-order valence-electron chi connectivity index (χ4n) is 1.93. The Balaban J connectivity index is 2.41.